The SMILES string of the molecule is C=C/C(C)=C/C(O)CC(C)C. The van der Waals surface area contributed by atoms with Crippen molar-refractivity contribution in [3.8, 4) is 0 Å². The van der Waals surface area contributed by atoms with Crippen LogP contribution >= 0.6 is 0 Å². The van der Waals surface area contributed by atoms with Crippen molar-refractivity contribution in [2.24, 2.45) is 5.92 Å². The molecule has 64 valence electrons. The van der Waals surface area contributed by atoms with Gasteiger partial charge in [-0.15, -0.1) is 0 Å². The van der Waals surface area contributed by atoms with Crippen LogP contribution in [0.4, 0.5) is 0 Å². The fraction of sp³-hybridized carbons (Fsp3) is 0.600. The Labute approximate surface area is 69.4 Å². The summed E-state index contributed by atoms with van der Waals surface area (Å²) < 4.78 is 0. The minimum Gasteiger partial charge on any atom is -0.389 e. The van der Waals surface area contributed by atoms with E-state index in [0.717, 1.165) is 12.0 Å². The highest BCUT2D eigenvalue weighted by Gasteiger charge is 2.02. The van der Waals surface area contributed by atoms with Gasteiger partial charge in [0.1, 0.15) is 0 Å². The van der Waals surface area contributed by atoms with Crippen molar-refractivity contribution in [3.05, 3.63) is 24.3 Å². The minimum absolute atomic E-state index is 0.312. The molecule has 0 aromatic heterocycles. The Hall–Kier alpha value is -0.560. The molecule has 0 heterocycles. The Kier molecular flexibility index (Phi) is 4.88. The molecule has 0 fully saturated rings. The van der Waals surface area contributed by atoms with Crippen molar-refractivity contribution in [1.29, 1.82) is 0 Å². The topological polar surface area (TPSA) is 20.2 Å². The quantitative estimate of drug-likeness (QED) is 0.617. The van der Waals surface area contributed by atoms with Crippen LogP contribution in [0.5, 0.6) is 0 Å². The summed E-state index contributed by atoms with van der Waals surface area (Å²) in [6, 6.07) is 0. The van der Waals surface area contributed by atoms with Crippen LogP contribution < -0.4 is 0 Å². The smallest absolute Gasteiger partial charge is 0.0728 e. The highest BCUT2D eigenvalue weighted by molar-refractivity contribution is 5.14. The van der Waals surface area contributed by atoms with E-state index in [1.165, 1.54) is 0 Å². The summed E-state index contributed by atoms with van der Waals surface area (Å²) in [5.74, 6) is 0.541. The average Bonchev–Trinajstić information content (AvgIpc) is 1.85. The van der Waals surface area contributed by atoms with E-state index in [4.69, 9.17) is 0 Å². The summed E-state index contributed by atoms with van der Waals surface area (Å²) in [5, 5.41) is 9.40. The molecule has 0 spiro atoms. The molecule has 0 saturated carbocycles. The van der Waals surface area contributed by atoms with Crippen LogP contribution in [-0.4, -0.2) is 11.2 Å². The van der Waals surface area contributed by atoms with Gasteiger partial charge in [-0.05, 0) is 19.3 Å². The van der Waals surface area contributed by atoms with E-state index in [1.807, 2.05) is 13.0 Å². The van der Waals surface area contributed by atoms with Gasteiger partial charge in [0.25, 0.3) is 0 Å². The molecule has 0 aliphatic rings. The predicted molar refractivity (Wildman–Crippen MR) is 49.4 cm³/mol. The zero-order chi connectivity index (χ0) is 8.85. The summed E-state index contributed by atoms with van der Waals surface area (Å²) in [4.78, 5) is 0. The molecule has 11 heavy (non-hydrogen) atoms. The van der Waals surface area contributed by atoms with Gasteiger partial charge in [-0.1, -0.05) is 38.2 Å². The minimum atomic E-state index is -0.312. The van der Waals surface area contributed by atoms with Crippen molar-refractivity contribution in [2.45, 2.75) is 33.3 Å². The van der Waals surface area contributed by atoms with Gasteiger partial charge in [0.05, 0.1) is 6.10 Å². The van der Waals surface area contributed by atoms with Gasteiger partial charge in [-0.2, -0.15) is 0 Å². The number of rotatable bonds is 4. The first-order valence-electron chi connectivity index (χ1n) is 4.05. The van der Waals surface area contributed by atoms with Crippen LogP contribution in [0, 0.1) is 5.92 Å². The third-order valence-corrected chi connectivity index (χ3v) is 1.49. The number of aliphatic hydroxyl groups excluding tert-OH is 1. The number of hydrogen-bond donors (Lipinski definition) is 1. The monoisotopic (exact) mass is 154 g/mol. The molecule has 0 aromatic rings. The number of aliphatic hydroxyl groups is 1. The van der Waals surface area contributed by atoms with E-state index in [0.29, 0.717) is 5.92 Å². The normalized spacial score (nSPS) is 15.2. The lowest BCUT2D eigenvalue weighted by Gasteiger charge is -2.08. The molecular formula is C10H18O. The fourth-order valence-electron chi connectivity index (χ4n) is 0.923. The molecule has 0 radical (unpaired) electrons. The summed E-state index contributed by atoms with van der Waals surface area (Å²) >= 11 is 0. The van der Waals surface area contributed by atoms with Gasteiger partial charge >= 0.3 is 0 Å². The van der Waals surface area contributed by atoms with E-state index < -0.39 is 0 Å². The average molecular weight is 154 g/mol. The molecule has 0 rings (SSSR count). The van der Waals surface area contributed by atoms with Gasteiger partial charge in [0, 0.05) is 0 Å². The van der Waals surface area contributed by atoms with Crippen molar-refractivity contribution in [3.63, 3.8) is 0 Å². The fourth-order valence-corrected chi connectivity index (χ4v) is 0.923. The first-order chi connectivity index (χ1) is 5.06. The standard InChI is InChI=1S/C10H18O/c1-5-9(4)7-10(11)6-8(2)3/h5,7-8,10-11H,1,6H2,2-4H3/b9-7+. The van der Waals surface area contributed by atoms with E-state index >= 15 is 0 Å². The highest BCUT2D eigenvalue weighted by Crippen LogP contribution is 2.07. The first-order valence-corrected chi connectivity index (χ1v) is 4.05. The van der Waals surface area contributed by atoms with Crippen LogP contribution in [0.1, 0.15) is 27.2 Å². The van der Waals surface area contributed by atoms with E-state index in [1.54, 1.807) is 6.08 Å². The van der Waals surface area contributed by atoms with Gasteiger partial charge in [0.15, 0.2) is 0 Å². The van der Waals surface area contributed by atoms with Gasteiger partial charge in [-0.25, -0.2) is 0 Å². The molecule has 1 unspecified atom stereocenters. The third kappa shape index (κ3) is 5.86. The Morgan fingerprint density at radius 3 is 2.45 bits per heavy atom. The number of hydrogen-bond acceptors (Lipinski definition) is 1. The molecule has 0 aliphatic carbocycles. The summed E-state index contributed by atoms with van der Waals surface area (Å²) in [5.41, 5.74) is 1.04. The van der Waals surface area contributed by atoms with Crippen LogP contribution in [0.2, 0.25) is 0 Å². The molecule has 0 bridgehead atoms. The second-order valence-corrected chi connectivity index (χ2v) is 3.31. The second-order valence-electron chi connectivity index (χ2n) is 3.31. The predicted octanol–water partition coefficient (Wildman–Crippen LogP) is 2.53. The molecule has 1 atom stereocenters. The van der Waals surface area contributed by atoms with Gasteiger partial charge in [-0.3, -0.25) is 0 Å². The van der Waals surface area contributed by atoms with Crippen LogP contribution in [0.3, 0.4) is 0 Å². The molecule has 1 N–H and O–H groups in total. The van der Waals surface area contributed by atoms with Crippen molar-refractivity contribution in [2.75, 3.05) is 0 Å². The summed E-state index contributed by atoms with van der Waals surface area (Å²) in [7, 11) is 0. The Balaban J connectivity index is 3.85. The maximum atomic E-state index is 9.40. The molecule has 0 aliphatic heterocycles. The zero-order valence-corrected chi connectivity index (χ0v) is 7.67. The molecule has 0 amide bonds. The van der Waals surface area contributed by atoms with Crippen molar-refractivity contribution in [1.82, 2.24) is 0 Å². The van der Waals surface area contributed by atoms with E-state index in [-0.39, 0.29) is 6.10 Å². The van der Waals surface area contributed by atoms with Crippen LogP contribution in [-0.2, 0) is 0 Å². The summed E-state index contributed by atoms with van der Waals surface area (Å²) in [6.07, 6.45) is 4.11. The van der Waals surface area contributed by atoms with Crippen molar-refractivity contribution < 1.29 is 5.11 Å². The van der Waals surface area contributed by atoms with Gasteiger partial charge < -0.3 is 5.11 Å². The maximum absolute atomic E-state index is 9.40. The van der Waals surface area contributed by atoms with Gasteiger partial charge in [0.2, 0.25) is 0 Å². The van der Waals surface area contributed by atoms with Crippen LogP contribution in [0.25, 0.3) is 0 Å². The summed E-state index contributed by atoms with van der Waals surface area (Å²) in [6.45, 7) is 9.75. The lowest BCUT2D eigenvalue weighted by molar-refractivity contribution is 0.194. The third-order valence-electron chi connectivity index (χ3n) is 1.49. The van der Waals surface area contributed by atoms with E-state index in [2.05, 4.69) is 20.4 Å². The lowest BCUT2D eigenvalue weighted by Crippen LogP contribution is -2.06. The van der Waals surface area contributed by atoms with Crippen LogP contribution in [0.15, 0.2) is 24.3 Å². The largest absolute Gasteiger partial charge is 0.389 e. The Bertz CT molecular complexity index is 145. The highest BCUT2D eigenvalue weighted by atomic mass is 16.3. The Morgan fingerprint density at radius 2 is 2.09 bits per heavy atom. The first kappa shape index (κ1) is 10.4. The Morgan fingerprint density at radius 1 is 1.55 bits per heavy atom. The molecule has 0 aromatic carbocycles. The molecule has 0 saturated heterocycles. The van der Waals surface area contributed by atoms with E-state index in [9.17, 15) is 5.11 Å². The number of allylic oxidation sites excluding steroid dienone is 2. The van der Waals surface area contributed by atoms with Crippen molar-refractivity contribution >= 4 is 0 Å². The maximum Gasteiger partial charge on any atom is 0.0728 e. The molecular weight excluding hydrogens is 136 g/mol. The molecule has 1 heteroatoms. The second kappa shape index (κ2) is 5.14. The lowest BCUT2D eigenvalue weighted by atomic mass is 10.0. The zero-order valence-electron chi connectivity index (χ0n) is 7.67. The molecule has 1 nitrogen and oxygen atoms in total.